The maximum atomic E-state index is 11.5. The van der Waals surface area contributed by atoms with Gasteiger partial charge in [0, 0.05) is 12.1 Å². The lowest BCUT2D eigenvalue weighted by atomic mass is 10.2. The largest absolute Gasteiger partial charge is 0.480 e. The first-order chi connectivity index (χ1) is 7.26. The zero-order valence-corrected chi connectivity index (χ0v) is 10.3. The fourth-order valence-corrected chi connectivity index (χ4v) is 0.891. The van der Waals surface area contributed by atoms with Crippen LogP contribution in [0.25, 0.3) is 0 Å². The molecule has 0 rings (SSSR count). The van der Waals surface area contributed by atoms with Gasteiger partial charge in [0.1, 0.15) is 12.1 Å². The smallest absolute Gasteiger partial charge is 0.414 e. The third kappa shape index (κ3) is 7.11. The topological polar surface area (TPSA) is 66.8 Å². The fourth-order valence-electron chi connectivity index (χ4n) is 0.811. The molecule has 0 saturated heterocycles. The maximum absolute atomic E-state index is 11.5. The standard InChI is InChI=1S/C10H16ClNO4/c1-10(2,3)16-9(15)12(6-4-5-11)7-8(13)14/h4,6H,5,7H2,1-3H3,(H,13,14)/b6-4+. The van der Waals surface area contributed by atoms with Crippen LogP contribution in [0.15, 0.2) is 12.3 Å². The molecule has 0 aromatic heterocycles. The van der Waals surface area contributed by atoms with Gasteiger partial charge in [-0.05, 0) is 20.8 Å². The van der Waals surface area contributed by atoms with Crippen molar-refractivity contribution < 1.29 is 19.4 Å². The summed E-state index contributed by atoms with van der Waals surface area (Å²) in [5.74, 6) is -0.927. The van der Waals surface area contributed by atoms with E-state index in [2.05, 4.69) is 0 Å². The van der Waals surface area contributed by atoms with Gasteiger partial charge in [-0.1, -0.05) is 6.08 Å². The number of hydrogen-bond acceptors (Lipinski definition) is 3. The van der Waals surface area contributed by atoms with Crippen molar-refractivity contribution in [3.05, 3.63) is 12.3 Å². The summed E-state index contributed by atoms with van der Waals surface area (Å²) in [6.07, 6.45) is 2.06. The van der Waals surface area contributed by atoms with Crippen molar-refractivity contribution in [1.82, 2.24) is 4.90 Å². The number of amides is 1. The van der Waals surface area contributed by atoms with Gasteiger partial charge >= 0.3 is 12.1 Å². The Hall–Kier alpha value is -1.23. The van der Waals surface area contributed by atoms with Gasteiger partial charge in [0.25, 0.3) is 0 Å². The number of allylic oxidation sites excluding steroid dienone is 1. The molecule has 0 aromatic carbocycles. The highest BCUT2D eigenvalue weighted by Crippen LogP contribution is 2.10. The number of ether oxygens (including phenoxy) is 1. The van der Waals surface area contributed by atoms with Crippen molar-refractivity contribution in [3.8, 4) is 0 Å². The Morgan fingerprint density at radius 3 is 2.38 bits per heavy atom. The van der Waals surface area contributed by atoms with E-state index in [0.717, 1.165) is 4.90 Å². The van der Waals surface area contributed by atoms with Gasteiger partial charge in [-0.15, -0.1) is 11.6 Å². The molecule has 6 heteroatoms. The van der Waals surface area contributed by atoms with Gasteiger partial charge < -0.3 is 9.84 Å². The van der Waals surface area contributed by atoms with Gasteiger partial charge in [0.15, 0.2) is 0 Å². The number of carbonyl (C=O) groups excluding carboxylic acids is 1. The van der Waals surface area contributed by atoms with Crippen LogP contribution >= 0.6 is 11.6 Å². The van der Waals surface area contributed by atoms with E-state index < -0.39 is 24.2 Å². The Balaban J connectivity index is 4.56. The molecular formula is C10H16ClNO4. The average molecular weight is 250 g/mol. The number of carboxylic acids is 1. The molecule has 0 unspecified atom stereocenters. The Morgan fingerprint density at radius 1 is 1.44 bits per heavy atom. The van der Waals surface area contributed by atoms with E-state index in [1.807, 2.05) is 0 Å². The SMILES string of the molecule is CC(C)(C)OC(=O)N(/C=C/CCl)CC(=O)O. The van der Waals surface area contributed by atoms with E-state index in [1.54, 1.807) is 20.8 Å². The van der Waals surface area contributed by atoms with Gasteiger partial charge in [-0.3, -0.25) is 9.69 Å². The first kappa shape index (κ1) is 14.8. The van der Waals surface area contributed by atoms with E-state index in [9.17, 15) is 9.59 Å². The maximum Gasteiger partial charge on any atom is 0.414 e. The summed E-state index contributed by atoms with van der Waals surface area (Å²) < 4.78 is 5.03. The Kier molecular flexibility index (Phi) is 5.88. The molecule has 0 saturated carbocycles. The van der Waals surface area contributed by atoms with Crippen molar-refractivity contribution in [1.29, 1.82) is 0 Å². The number of rotatable bonds is 4. The third-order valence-corrected chi connectivity index (χ3v) is 1.49. The predicted octanol–water partition coefficient (Wildman–Crippen LogP) is 2.06. The minimum atomic E-state index is -1.12. The fraction of sp³-hybridized carbons (Fsp3) is 0.600. The van der Waals surface area contributed by atoms with Crippen LogP contribution in [-0.2, 0) is 9.53 Å². The molecule has 16 heavy (non-hydrogen) atoms. The zero-order valence-electron chi connectivity index (χ0n) is 9.57. The van der Waals surface area contributed by atoms with Gasteiger partial charge in [0.05, 0.1) is 0 Å². The number of alkyl halides is 1. The van der Waals surface area contributed by atoms with Crippen LogP contribution in [0.5, 0.6) is 0 Å². The quantitative estimate of drug-likeness (QED) is 0.775. The van der Waals surface area contributed by atoms with Crippen LogP contribution in [0.1, 0.15) is 20.8 Å². The molecule has 0 atom stereocenters. The van der Waals surface area contributed by atoms with E-state index in [1.165, 1.54) is 12.3 Å². The number of hydrogen-bond donors (Lipinski definition) is 1. The number of nitrogens with zero attached hydrogens (tertiary/aromatic N) is 1. The summed E-state index contributed by atoms with van der Waals surface area (Å²) in [6.45, 7) is 4.65. The van der Waals surface area contributed by atoms with Crippen molar-refractivity contribution in [3.63, 3.8) is 0 Å². The summed E-state index contributed by atoms with van der Waals surface area (Å²) in [6, 6.07) is 0. The summed E-state index contributed by atoms with van der Waals surface area (Å²) in [4.78, 5) is 23.0. The molecule has 0 heterocycles. The van der Waals surface area contributed by atoms with Crippen LogP contribution in [0, 0.1) is 0 Å². The normalized spacial score (nSPS) is 11.5. The molecular weight excluding hydrogens is 234 g/mol. The molecule has 0 aliphatic carbocycles. The van der Waals surface area contributed by atoms with Crippen molar-refractivity contribution in [2.24, 2.45) is 0 Å². The molecule has 0 aromatic rings. The Labute approximate surface area is 99.6 Å². The van der Waals surface area contributed by atoms with Crippen molar-refractivity contribution in [2.75, 3.05) is 12.4 Å². The van der Waals surface area contributed by atoms with Gasteiger partial charge in [0.2, 0.25) is 0 Å². The van der Waals surface area contributed by atoms with Crippen LogP contribution in [0.3, 0.4) is 0 Å². The van der Waals surface area contributed by atoms with Gasteiger partial charge in [-0.25, -0.2) is 4.79 Å². The highest BCUT2D eigenvalue weighted by Gasteiger charge is 2.22. The highest BCUT2D eigenvalue weighted by atomic mass is 35.5. The highest BCUT2D eigenvalue weighted by molar-refractivity contribution is 6.18. The molecule has 0 radical (unpaired) electrons. The number of aliphatic carboxylic acids is 1. The molecule has 1 amide bonds. The summed E-state index contributed by atoms with van der Waals surface area (Å²) in [7, 11) is 0. The van der Waals surface area contributed by atoms with Crippen LogP contribution in [-0.4, -0.2) is 40.1 Å². The van der Waals surface area contributed by atoms with Crippen LogP contribution < -0.4 is 0 Å². The number of carboxylic acid groups (broad SMARTS) is 1. The van der Waals surface area contributed by atoms with Crippen LogP contribution in [0.2, 0.25) is 0 Å². The second kappa shape index (κ2) is 6.37. The molecule has 5 nitrogen and oxygen atoms in total. The van der Waals surface area contributed by atoms with E-state index in [4.69, 9.17) is 21.4 Å². The molecule has 92 valence electrons. The van der Waals surface area contributed by atoms with Crippen LogP contribution in [0.4, 0.5) is 4.79 Å². The molecule has 1 N–H and O–H groups in total. The third-order valence-electron chi connectivity index (χ3n) is 1.31. The average Bonchev–Trinajstić information content (AvgIpc) is 2.08. The van der Waals surface area contributed by atoms with Crippen molar-refractivity contribution in [2.45, 2.75) is 26.4 Å². The predicted molar refractivity (Wildman–Crippen MR) is 60.4 cm³/mol. The number of halogens is 1. The molecule has 0 aliphatic rings. The minimum Gasteiger partial charge on any atom is -0.480 e. The first-order valence-corrected chi connectivity index (χ1v) is 5.24. The monoisotopic (exact) mass is 249 g/mol. The summed E-state index contributed by atoms with van der Waals surface area (Å²) in [5.41, 5.74) is -0.664. The van der Waals surface area contributed by atoms with E-state index in [0.29, 0.717) is 0 Å². The minimum absolute atomic E-state index is 0.193. The Morgan fingerprint density at radius 2 is 2.00 bits per heavy atom. The first-order valence-electron chi connectivity index (χ1n) is 4.70. The molecule has 0 fully saturated rings. The lowest BCUT2D eigenvalue weighted by Crippen LogP contribution is -2.36. The summed E-state index contributed by atoms with van der Waals surface area (Å²) in [5, 5.41) is 8.61. The second-order valence-electron chi connectivity index (χ2n) is 4.04. The molecule has 0 bridgehead atoms. The van der Waals surface area contributed by atoms with E-state index >= 15 is 0 Å². The number of carbonyl (C=O) groups is 2. The molecule has 0 aliphatic heterocycles. The molecule has 0 spiro atoms. The van der Waals surface area contributed by atoms with E-state index in [-0.39, 0.29) is 5.88 Å². The van der Waals surface area contributed by atoms with Gasteiger partial charge in [-0.2, -0.15) is 0 Å². The Bertz CT molecular complexity index is 283. The second-order valence-corrected chi connectivity index (χ2v) is 4.35. The zero-order chi connectivity index (χ0) is 12.8. The lowest BCUT2D eigenvalue weighted by Gasteiger charge is -2.24. The van der Waals surface area contributed by atoms with Crippen molar-refractivity contribution >= 4 is 23.7 Å². The summed E-state index contributed by atoms with van der Waals surface area (Å²) >= 11 is 5.41. The lowest BCUT2D eigenvalue weighted by molar-refractivity contribution is -0.137.